The summed E-state index contributed by atoms with van der Waals surface area (Å²) in [6, 6.07) is -0.269. The zero-order valence-electron chi connectivity index (χ0n) is 5.49. The third-order valence-corrected chi connectivity index (χ3v) is 1.33. The molecule has 0 aliphatic rings. The van der Waals surface area contributed by atoms with E-state index in [1.54, 1.807) is 6.92 Å². The highest BCUT2D eigenvalue weighted by Gasteiger charge is 2.18. The smallest absolute Gasteiger partial charge is 0.156 e. The molecule has 2 atom stereocenters. The topological polar surface area (TPSA) is 92.5 Å². The third-order valence-electron chi connectivity index (χ3n) is 1.33. The first-order chi connectivity index (χ1) is 4.09. The van der Waals surface area contributed by atoms with Gasteiger partial charge in [0, 0.05) is 18.5 Å². The number of rotatable bonds is 3. The monoisotopic (exact) mass is 134 g/mol. The van der Waals surface area contributed by atoms with Crippen LogP contribution in [0.1, 0.15) is 6.92 Å². The molecule has 4 heteroatoms. The van der Waals surface area contributed by atoms with E-state index < -0.39 is 12.2 Å². The second kappa shape index (κ2) is 3.79. The average molecular weight is 134 g/mol. The van der Waals surface area contributed by atoms with Crippen LogP contribution in [-0.4, -0.2) is 29.1 Å². The van der Waals surface area contributed by atoms with Crippen LogP contribution in [0.4, 0.5) is 0 Å². The fourth-order valence-corrected chi connectivity index (χ4v) is 0.608. The van der Waals surface area contributed by atoms with Crippen molar-refractivity contribution in [3.05, 3.63) is 0 Å². The molecule has 0 aromatic carbocycles. The third kappa shape index (κ3) is 2.76. The summed E-state index contributed by atoms with van der Waals surface area (Å²) >= 11 is 0. The van der Waals surface area contributed by atoms with Crippen LogP contribution in [0.15, 0.2) is 0 Å². The molecule has 0 aromatic heterocycles. The Morgan fingerprint density at radius 1 is 1.44 bits per heavy atom. The van der Waals surface area contributed by atoms with E-state index in [1.165, 1.54) is 0 Å². The summed E-state index contributed by atoms with van der Waals surface area (Å²) in [6.07, 6.45) is -1.39. The lowest BCUT2D eigenvalue weighted by Gasteiger charge is -2.19. The number of hydrogen-bond acceptors (Lipinski definition) is 4. The van der Waals surface area contributed by atoms with E-state index in [0.717, 1.165) is 0 Å². The minimum atomic E-state index is -1.39. The van der Waals surface area contributed by atoms with E-state index >= 15 is 0 Å². The van der Waals surface area contributed by atoms with Gasteiger partial charge >= 0.3 is 0 Å². The molecule has 6 N–H and O–H groups in total. The van der Waals surface area contributed by atoms with E-state index in [2.05, 4.69) is 0 Å². The Bertz CT molecular complexity index is 67.4. The Balaban J connectivity index is 3.68. The van der Waals surface area contributed by atoms with Crippen LogP contribution in [0.2, 0.25) is 0 Å². The SMILES string of the molecule is CC(N)C(CN)C(O)O. The molecule has 0 amide bonds. The van der Waals surface area contributed by atoms with Gasteiger partial charge < -0.3 is 21.7 Å². The van der Waals surface area contributed by atoms with Crippen molar-refractivity contribution in [3.8, 4) is 0 Å². The van der Waals surface area contributed by atoms with E-state index in [4.69, 9.17) is 21.7 Å². The summed E-state index contributed by atoms with van der Waals surface area (Å²) in [5.74, 6) is -0.412. The van der Waals surface area contributed by atoms with Gasteiger partial charge in [-0.05, 0) is 6.92 Å². The van der Waals surface area contributed by atoms with Crippen LogP contribution >= 0.6 is 0 Å². The predicted octanol–water partition coefficient (Wildman–Crippen LogP) is -1.78. The first kappa shape index (κ1) is 8.84. The summed E-state index contributed by atoms with van der Waals surface area (Å²) < 4.78 is 0. The molecule has 0 aromatic rings. The average Bonchev–Trinajstić information content (AvgIpc) is 1.64. The van der Waals surface area contributed by atoms with Crippen molar-refractivity contribution in [3.63, 3.8) is 0 Å². The Morgan fingerprint density at radius 3 is 1.89 bits per heavy atom. The highest BCUT2D eigenvalue weighted by Crippen LogP contribution is 2.02. The minimum absolute atomic E-state index is 0.204. The Kier molecular flexibility index (Phi) is 3.72. The van der Waals surface area contributed by atoms with Gasteiger partial charge in [0.15, 0.2) is 6.29 Å². The zero-order chi connectivity index (χ0) is 7.44. The van der Waals surface area contributed by atoms with Crippen LogP contribution in [0, 0.1) is 5.92 Å². The molecule has 0 heterocycles. The zero-order valence-corrected chi connectivity index (χ0v) is 5.49. The molecular formula is C5H14N2O2. The lowest BCUT2D eigenvalue weighted by molar-refractivity contribution is -0.0857. The summed E-state index contributed by atoms with van der Waals surface area (Å²) in [4.78, 5) is 0. The maximum Gasteiger partial charge on any atom is 0.156 e. The predicted molar refractivity (Wildman–Crippen MR) is 34.4 cm³/mol. The number of hydrogen-bond donors (Lipinski definition) is 4. The molecule has 4 nitrogen and oxygen atoms in total. The molecule has 0 aliphatic heterocycles. The van der Waals surface area contributed by atoms with Gasteiger partial charge in [-0.2, -0.15) is 0 Å². The normalized spacial score (nSPS) is 18.0. The van der Waals surface area contributed by atoms with Gasteiger partial charge in [0.1, 0.15) is 0 Å². The number of aliphatic hydroxyl groups is 2. The highest BCUT2D eigenvalue weighted by molar-refractivity contribution is 4.70. The first-order valence-corrected chi connectivity index (χ1v) is 2.91. The van der Waals surface area contributed by atoms with E-state index in [1.807, 2.05) is 0 Å². The minimum Gasteiger partial charge on any atom is -0.368 e. The van der Waals surface area contributed by atoms with Crippen LogP contribution in [0.25, 0.3) is 0 Å². The maximum atomic E-state index is 8.58. The lowest BCUT2D eigenvalue weighted by Crippen LogP contribution is -2.40. The largest absolute Gasteiger partial charge is 0.368 e. The molecule has 0 aliphatic carbocycles. The Morgan fingerprint density at radius 2 is 1.89 bits per heavy atom. The molecular weight excluding hydrogens is 120 g/mol. The van der Waals surface area contributed by atoms with Crippen LogP contribution in [-0.2, 0) is 0 Å². The van der Waals surface area contributed by atoms with Gasteiger partial charge in [0.25, 0.3) is 0 Å². The quantitative estimate of drug-likeness (QED) is 0.343. The van der Waals surface area contributed by atoms with E-state index in [0.29, 0.717) is 0 Å². The molecule has 0 radical (unpaired) electrons. The second-order valence-electron chi connectivity index (χ2n) is 2.17. The molecule has 0 fully saturated rings. The molecule has 0 saturated heterocycles. The summed E-state index contributed by atoms with van der Waals surface area (Å²) in [7, 11) is 0. The van der Waals surface area contributed by atoms with Crippen molar-refractivity contribution in [2.75, 3.05) is 6.54 Å². The van der Waals surface area contributed by atoms with Gasteiger partial charge in [-0.1, -0.05) is 0 Å². The molecule has 0 rings (SSSR count). The standard InChI is InChI=1S/C5H14N2O2/c1-3(7)4(2-6)5(8)9/h3-5,8-9H,2,6-7H2,1H3. The van der Waals surface area contributed by atoms with Gasteiger partial charge in [0.05, 0.1) is 0 Å². The van der Waals surface area contributed by atoms with Crippen molar-refractivity contribution >= 4 is 0 Å². The number of nitrogens with two attached hydrogens (primary N) is 2. The van der Waals surface area contributed by atoms with Crippen molar-refractivity contribution < 1.29 is 10.2 Å². The molecule has 0 spiro atoms. The Labute approximate surface area is 54.5 Å². The van der Waals surface area contributed by atoms with Gasteiger partial charge in [-0.3, -0.25) is 0 Å². The molecule has 9 heavy (non-hydrogen) atoms. The molecule has 0 saturated carbocycles. The van der Waals surface area contributed by atoms with E-state index in [-0.39, 0.29) is 12.6 Å². The van der Waals surface area contributed by atoms with Crippen molar-refractivity contribution in [1.82, 2.24) is 0 Å². The van der Waals surface area contributed by atoms with Gasteiger partial charge in [-0.15, -0.1) is 0 Å². The fourth-order valence-electron chi connectivity index (χ4n) is 0.608. The van der Waals surface area contributed by atoms with Crippen molar-refractivity contribution in [1.29, 1.82) is 0 Å². The van der Waals surface area contributed by atoms with Gasteiger partial charge in [0.2, 0.25) is 0 Å². The Hall–Kier alpha value is -0.160. The van der Waals surface area contributed by atoms with Crippen LogP contribution in [0.5, 0.6) is 0 Å². The summed E-state index contributed by atoms with van der Waals surface area (Å²) in [5, 5.41) is 17.2. The fraction of sp³-hybridized carbons (Fsp3) is 1.00. The summed E-state index contributed by atoms with van der Waals surface area (Å²) in [5.41, 5.74) is 10.5. The van der Waals surface area contributed by atoms with Crippen LogP contribution < -0.4 is 11.5 Å². The first-order valence-electron chi connectivity index (χ1n) is 2.91. The van der Waals surface area contributed by atoms with Gasteiger partial charge in [-0.25, -0.2) is 0 Å². The molecule has 0 bridgehead atoms. The highest BCUT2D eigenvalue weighted by atomic mass is 16.5. The molecule has 2 unspecified atom stereocenters. The number of aliphatic hydroxyl groups excluding tert-OH is 1. The molecule has 56 valence electrons. The maximum absolute atomic E-state index is 8.58. The van der Waals surface area contributed by atoms with Crippen molar-refractivity contribution in [2.24, 2.45) is 17.4 Å². The lowest BCUT2D eigenvalue weighted by atomic mass is 10.0. The second-order valence-corrected chi connectivity index (χ2v) is 2.17. The summed E-state index contributed by atoms with van der Waals surface area (Å²) in [6.45, 7) is 1.90. The van der Waals surface area contributed by atoms with Crippen LogP contribution in [0.3, 0.4) is 0 Å². The van der Waals surface area contributed by atoms with E-state index in [9.17, 15) is 0 Å². The van der Waals surface area contributed by atoms with Crippen molar-refractivity contribution in [2.45, 2.75) is 19.3 Å².